The van der Waals surface area contributed by atoms with Crippen LogP contribution < -0.4 is 10.6 Å². The number of rotatable bonds is 2. The molecular formula is C12H16N4O3. The van der Waals surface area contributed by atoms with Gasteiger partial charge in [-0.2, -0.15) is 0 Å². The van der Waals surface area contributed by atoms with Crippen molar-refractivity contribution in [3.05, 3.63) is 28.3 Å². The minimum atomic E-state index is -0.464. The van der Waals surface area contributed by atoms with E-state index in [1.807, 2.05) is 4.90 Å². The van der Waals surface area contributed by atoms with E-state index in [-0.39, 0.29) is 11.6 Å². The summed E-state index contributed by atoms with van der Waals surface area (Å²) < 4.78 is 0. The van der Waals surface area contributed by atoms with Crippen LogP contribution in [-0.2, 0) is 4.79 Å². The van der Waals surface area contributed by atoms with Gasteiger partial charge in [0.2, 0.25) is 5.91 Å². The summed E-state index contributed by atoms with van der Waals surface area (Å²) >= 11 is 0. The van der Waals surface area contributed by atoms with E-state index in [0.717, 1.165) is 5.69 Å². The van der Waals surface area contributed by atoms with Crippen molar-refractivity contribution >= 4 is 23.0 Å². The molecule has 1 aliphatic rings. The average molecular weight is 264 g/mol. The van der Waals surface area contributed by atoms with Gasteiger partial charge >= 0.3 is 0 Å². The molecule has 7 nitrogen and oxygen atoms in total. The van der Waals surface area contributed by atoms with Crippen LogP contribution in [0.2, 0.25) is 0 Å². The van der Waals surface area contributed by atoms with Crippen molar-refractivity contribution in [2.75, 3.05) is 36.8 Å². The number of nitrogens with two attached hydrogens (primary N) is 1. The number of carbonyl (C=O) groups excluding carboxylic acids is 1. The van der Waals surface area contributed by atoms with E-state index in [1.54, 1.807) is 17.9 Å². The molecule has 0 aliphatic carbocycles. The highest BCUT2D eigenvalue weighted by atomic mass is 16.6. The Bertz CT molecular complexity index is 510. The van der Waals surface area contributed by atoms with Crippen LogP contribution in [0, 0.1) is 10.1 Å². The zero-order valence-corrected chi connectivity index (χ0v) is 10.7. The summed E-state index contributed by atoms with van der Waals surface area (Å²) in [6.45, 7) is 4.20. The predicted molar refractivity (Wildman–Crippen MR) is 72.0 cm³/mol. The molecule has 2 rings (SSSR count). The van der Waals surface area contributed by atoms with Crippen molar-refractivity contribution in [2.24, 2.45) is 0 Å². The fourth-order valence-corrected chi connectivity index (χ4v) is 2.21. The van der Waals surface area contributed by atoms with Gasteiger partial charge < -0.3 is 15.5 Å². The number of carbonyl (C=O) groups is 1. The molecule has 7 heteroatoms. The van der Waals surface area contributed by atoms with Gasteiger partial charge in [0, 0.05) is 45.2 Å². The lowest BCUT2D eigenvalue weighted by Gasteiger charge is -2.36. The first-order valence-corrected chi connectivity index (χ1v) is 6.03. The smallest absolute Gasteiger partial charge is 0.271 e. The number of nitro groups is 1. The molecule has 1 heterocycles. The Labute approximate surface area is 110 Å². The molecular weight excluding hydrogens is 248 g/mol. The number of benzene rings is 1. The summed E-state index contributed by atoms with van der Waals surface area (Å²) in [5.74, 6) is 0.0660. The lowest BCUT2D eigenvalue weighted by Crippen LogP contribution is -2.48. The third-order valence-electron chi connectivity index (χ3n) is 3.29. The molecule has 1 aromatic rings. The molecule has 0 bridgehead atoms. The van der Waals surface area contributed by atoms with Crippen molar-refractivity contribution < 1.29 is 9.72 Å². The molecule has 1 amide bonds. The Morgan fingerprint density at radius 2 is 1.95 bits per heavy atom. The van der Waals surface area contributed by atoms with Crippen LogP contribution >= 0.6 is 0 Å². The quantitative estimate of drug-likeness (QED) is 0.485. The molecule has 1 fully saturated rings. The molecule has 1 aromatic carbocycles. The van der Waals surface area contributed by atoms with Gasteiger partial charge in [0.25, 0.3) is 5.69 Å². The molecule has 1 saturated heterocycles. The number of piperazine rings is 1. The number of anilines is 2. The standard InChI is InChI=1S/C12H16N4O3/c1-9(17)14-4-6-15(7-5-14)12-3-2-10(16(18)19)8-11(12)13/h2-3,8H,4-7,13H2,1H3. The van der Waals surface area contributed by atoms with Gasteiger partial charge in [0.1, 0.15) is 0 Å². The largest absolute Gasteiger partial charge is 0.397 e. The molecule has 0 spiro atoms. The molecule has 0 unspecified atom stereocenters. The second kappa shape index (κ2) is 5.13. The summed E-state index contributed by atoms with van der Waals surface area (Å²) in [4.78, 5) is 25.2. The minimum Gasteiger partial charge on any atom is -0.397 e. The van der Waals surface area contributed by atoms with Crippen LogP contribution in [0.5, 0.6) is 0 Å². The van der Waals surface area contributed by atoms with Gasteiger partial charge in [-0.3, -0.25) is 14.9 Å². The van der Waals surface area contributed by atoms with Gasteiger partial charge in [-0.1, -0.05) is 0 Å². The van der Waals surface area contributed by atoms with E-state index < -0.39 is 4.92 Å². The predicted octanol–water partition coefficient (Wildman–Crippen LogP) is 0.846. The van der Waals surface area contributed by atoms with Crippen molar-refractivity contribution in [1.82, 2.24) is 4.90 Å². The van der Waals surface area contributed by atoms with Gasteiger partial charge in [-0.05, 0) is 6.07 Å². The summed E-state index contributed by atoms with van der Waals surface area (Å²) in [7, 11) is 0. The number of hydrogen-bond acceptors (Lipinski definition) is 5. The van der Waals surface area contributed by atoms with E-state index in [9.17, 15) is 14.9 Å². The number of hydrogen-bond donors (Lipinski definition) is 1. The highest BCUT2D eigenvalue weighted by Crippen LogP contribution is 2.28. The van der Waals surface area contributed by atoms with Gasteiger partial charge in [-0.25, -0.2) is 0 Å². The maximum atomic E-state index is 11.2. The number of non-ortho nitro benzene ring substituents is 1. The molecule has 0 aromatic heterocycles. The first kappa shape index (κ1) is 13.1. The SMILES string of the molecule is CC(=O)N1CCN(c2ccc([N+](=O)[O-])cc2N)CC1. The summed E-state index contributed by atoms with van der Waals surface area (Å²) in [5.41, 5.74) is 7.03. The number of amides is 1. The van der Waals surface area contributed by atoms with E-state index in [1.165, 1.54) is 12.1 Å². The normalized spacial score (nSPS) is 15.4. The summed E-state index contributed by atoms with van der Waals surface area (Å²) in [5, 5.41) is 10.7. The Balaban J connectivity index is 2.11. The second-order valence-electron chi connectivity index (χ2n) is 4.49. The van der Waals surface area contributed by atoms with Crippen molar-refractivity contribution in [1.29, 1.82) is 0 Å². The number of nitrogen functional groups attached to an aromatic ring is 1. The molecule has 1 aliphatic heterocycles. The number of nitrogens with zero attached hydrogens (tertiary/aromatic N) is 3. The monoisotopic (exact) mass is 264 g/mol. The van der Waals surface area contributed by atoms with Crippen molar-refractivity contribution in [3.8, 4) is 0 Å². The van der Waals surface area contributed by atoms with Crippen LogP contribution in [0.4, 0.5) is 17.1 Å². The van der Waals surface area contributed by atoms with Crippen molar-refractivity contribution in [2.45, 2.75) is 6.92 Å². The van der Waals surface area contributed by atoms with Crippen molar-refractivity contribution in [3.63, 3.8) is 0 Å². The van der Waals surface area contributed by atoms with Crippen LogP contribution in [-0.4, -0.2) is 41.9 Å². The van der Waals surface area contributed by atoms with Gasteiger partial charge in [-0.15, -0.1) is 0 Å². The molecule has 19 heavy (non-hydrogen) atoms. The minimum absolute atomic E-state index is 0.0105. The highest BCUT2D eigenvalue weighted by Gasteiger charge is 2.21. The van der Waals surface area contributed by atoms with E-state index >= 15 is 0 Å². The third kappa shape index (κ3) is 2.75. The Kier molecular flexibility index (Phi) is 3.55. The first-order valence-electron chi connectivity index (χ1n) is 6.03. The lowest BCUT2D eigenvalue weighted by atomic mass is 10.2. The maximum absolute atomic E-state index is 11.2. The first-order chi connectivity index (χ1) is 8.99. The average Bonchev–Trinajstić information content (AvgIpc) is 2.38. The van der Waals surface area contributed by atoms with Crippen LogP contribution in [0.15, 0.2) is 18.2 Å². The molecule has 102 valence electrons. The zero-order valence-electron chi connectivity index (χ0n) is 10.7. The zero-order chi connectivity index (χ0) is 14.0. The lowest BCUT2D eigenvalue weighted by molar-refractivity contribution is -0.384. The molecule has 0 atom stereocenters. The van der Waals surface area contributed by atoms with Crippen LogP contribution in [0.3, 0.4) is 0 Å². The van der Waals surface area contributed by atoms with E-state index in [0.29, 0.717) is 31.9 Å². The van der Waals surface area contributed by atoms with E-state index in [4.69, 9.17) is 5.73 Å². The second-order valence-corrected chi connectivity index (χ2v) is 4.49. The summed E-state index contributed by atoms with van der Waals surface area (Å²) in [6.07, 6.45) is 0. The fourth-order valence-electron chi connectivity index (χ4n) is 2.21. The van der Waals surface area contributed by atoms with Crippen LogP contribution in [0.1, 0.15) is 6.92 Å². The molecule has 2 N–H and O–H groups in total. The Morgan fingerprint density at radius 1 is 1.32 bits per heavy atom. The van der Waals surface area contributed by atoms with Crippen LogP contribution in [0.25, 0.3) is 0 Å². The third-order valence-corrected chi connectivity index (χ3v) is 3.29. The Morgan fingerprint density at radius 3 is 2.42 bits per heavy atom. The van der Waals surface area contributed by atoms with Gasteiger partial charge in [0.15, 0.2) is 0 Å². The fraction of sp³-hybridized carbons (Fsp3) is 0.417. The Hall–Kier alpha value is -2.31. The van der Waals surface area contributed by atoms with E-state index in [2.05, 4.69) is 0 Å². The highest BCUT2D eigenvalue weighted by molar-refractivity contribution is 5.74. The number of nitro benzene ring substituents is 1. The maximum Gasteiger partial charge on any atom is 0.271 e. The molecule has 0 saturated carbocycles. The topological polar surface area (TPSA) is 92.7 Å². The van der Waals surface area contributed by atoms with Gasteiger partial charge in [0.05, 0.1) is 16.3 Å². The molecule has 0 radical (unpaired) electrons. The summed E-state index contributed by atoms with van der Waals surface area (Å²) in [6, 6.07) is 4.48.